The van der Waals surface area contributed by atoms with Gasteiger partial charge >= 0.3 is 0 Å². The molecule has 2 aromatic carbocycles. The number of rotatable bonds is 8. The maximum Gasteiger partial charge on any atom is 0.223 e. The summed E-state index contributed by atoms with van der Waals surface area (Å²) in [6.45, 7) is 0.968. The first-order valence-electron chi connectivity index (χ1n) is 13.6. The van der Waals surface area contributed by atoms with E-state index < -0.39 is 0 Å². The normalized spacial score (nSPS) is 22.1. The van der Waals surface area contributed by atoms with Crippen molar-refractivity contribution in [1.29, 1.82) is 0 Å². The van der Waals surface area contributed by atoms with Gasteiger partial charge in [-0.05, 0) is 60.6 Å². The largest absolute Gasteiger partial charge is 0.497 e. The third-order valence-electron chi connectivity index (χ3n) is 8.19. The lowest BCUT2D eigenvalue weighted by molar-refractivity contribution is 0.00882. The van der Waals surface area contributed by atoms with E-state index in [2.05, 4.69) is 43.0 Å². The second kappa shape index (κ2) is 10.4. The van der Waals surface area contributed by atoms with Crippen LogP contribution in [-0.2, 0) is 22.4 Å². The third kappa shape index (κ3) is 4.59. The Balaban J connectivity index is 1.04. The topological polar surface area (TPSA) is 122 Å². The minimum Gasteiger partial charge on any atom is -0.497 e. The Morgan fingerprint density at radius 3 is 2.75 bits per heavy atom. The molecule has 5 aromatic rings. The number of fused-ring (bicyclic) bond motifs is 3. The highest BCUT2D eigenvalue weighted by molar-refractivity contribution is 5.86. The van der Waals surface area contributed by atoms with Gasteiger partial charge in [0, 0.05) is 24.3 Å². The van der Waals surface area contributed by atoms with Gasteiger partial charge in [-0.15, -0.1) is 0 Å². The van der Waals surface area contributed by atoms with Crippen LogP contribution in [0.15, 0.2) is 67.3 Å². The number of hydrogen-bond donors (Lipinski definition) is 2. The number of ether oxygens (including phenoxy) is 3. The highest BCUT2D eigenvalue weighted by Gasteiger charge is 2.49. The van der Waals surface area contributed by atoms with Crippen molar-refractivity contribution in [3.63, 3.8) is 0 Å². The van der Waals surface area contributed by atoms with Crippen molar-refractivity contribution in [3.05, 3.63) is 78.4 Å². The van der Waals surface area contributed by atoms with Gasteiger partial charge in [-0.1, -0.05) is 24.3 Å². The van der Waals surface area contributed by atoms with Crippen LogP contribution in [0.2, 0.25) is 0 Å². The predicted molar refractivity (Wildman–Crippen MR) is 152 cm³/mol. The van der Waals surface area contributed by atoms with Crippen LogP contribution in [0.25, 0.3) is 21.9 Å². The Morgan fingerprint density at radius 2 is 1.88 bits per heavy atom. The zero-order valence-corrected chi connectivity index (χ0v) is 22.2. The van der Waals surface area contributed by atoms with E-state index >= 15 is 0 Å². The molecule has 1 aliphatic heterocycles. The van der Waals surface area contributed by atoms with Crippen molar-refractivity contribution >= 4 is 33.7 Å². The maximum atomic E-state index is 6.08. The molecule has 1 aliphatic carbocycles. The molecule has 0 amide bonds. The highest BCUT2D eigenvalue weighted by atomic mass is 16.7. The number of benzene rings is 2. The minimum atomic E-state index is 0.000434. The standard InChI is InChI=1S/C30H31N7O3/c1-38-22-8-4-19(5-9-22)14-32-30-33-15-21-7-3-18(12-24(21)36-30)2-6-20-13-25(27-26(20)39-17-40-27)37-11-10-23-28(31)34-16-35-29(23)37/h3-5,7-12,15-16,20,25-27H,2,6,13-14,17H2,1H3,(H2,31,34,35)(H,32,33,36)/t20-,25+,26+,27-/m0/s1. The van der Waals surface area contributed by atoms with Crippen LogP contribution in [-0.4, -0.2) is 50.6 Å². The summed E-state index contributed by atoms with van der Waals surface area (Å²) in [4.78, 5) is 17.9. The van der Waals surface area contributed by atoms with Crippen molar-refractivity contribution < 1.29 is 14.2 Å². The molecule has 0 radical (unpaired) electrons. The summed E-state index contributed by atoms with van der Waals surface area (Å²) in [6, 6.07) is 16.5. The lowest BCUT2D eigenvalue weighted by Gasteiger charge is -2.19. The first kappa shape index (κ1) is 24.7. The van der Waals surface area contributed by atoms with Gasteiger partial charge in [-0.2, -0.15) is 0 Å². The zero-order valence-electron chi connectivity index (χ0n) is 22.2. The van der Waals surface area contributed by atoms with Gasteiger partial charge in [0.25, 0.3) is 0 Å². The summed E-state index contributed by atoms with van der Waals surface area (Å²) >= 11 is 0. The van der Waals surface area contributed by atoms with Crippen LogP contribution in [0.3, 0.4) is 0 Å². The van der Waals surface area contributed by atoms with Gasteiger partial charge < -0.3 is 29.8 Å². The Bertz CT molecular complexity index is 1660. The van der Waals surface area contributed by atoms with Crippen LogP contribution in [0.1, 0.15) is 30.0 Å². The molecular formula is C30H31N7O3. The molecule has 4 heterocycles. The van der Waals surface area contributed by atoms with E-state index in [0.29, 0.717) is 31.0 Å². The molecule has 2 aliphatic rings. The lowest BCUT2D eigenvalue weighted by Crippen LogP contribution is -2.26. The lowest BCUT2D eigenvalue weighted by atomic mass is 9.95. The van der Waals surface area contributed by atoms with E-state index in [1.165, 1.54) is 11.9 Å². The summed E-state index contributed by atoms with van der Waals surface area (Å²) in [5, 5.41) is 5.23. The average molecular weight is 538 g/mol. The third-order valence-corrected chi connectivity index (χ3v) is 8.19. The first-order valence-corrected chi connectivity index (χ1v) is 13.6. The number of nitrogens with one attached hydrogen (secondary N) is 1. The van der Waals surface area contributed by atoms with E-state index in [1.807, 2.05) is 42.7 Å². The number of aryl methyl sites for hydroxylation is 1. The molecular weight excluding hydrogens is 506 g/mol. The first-order chi connectivity index (χ1) is 19.7. The Kier molecular flexibility index (Phi) is 6.41. The molecule has 1 saturated heterocycles. The molecule has 204 valence electrons. The Hall–Kier alpha value is -4.28. The van der Waals surface area contributed by atoms with Crippen LogP contribution in [0.5, 0.6) is 5.75 Å². The van der Waals surface area contributed by atoms with Gasteiger partial charge in [0.05, 0.1) is 30.2 Å². The Labute approximate surface area is 231 Å². The molecule has 2 fully saturated rings. The predicted octanol–water partition coefficient (Wildman–Crippen LogP) is 4.51. The number of methoxy groups -OCH3 is 1. The molecule has 4 atom stereocenters. The molecule has 10 nitrogen and oxygen atoms in total. The molecule has 1 saturated carbocycles. The smallest absolute Gasteiger partial charge is 0.223 e. The fraction of sp³-hybridized carbons (Fsp3) is 0.333. The van der Waals surface area contributed by atoms with E-state index in [1.54, 1.807) is 7.11 Å². The van der Waals surface area contributed by atoms with Crippen LogP contribution >= 0.6 is 0 Å². The molecule has 3 aromatic heterocycles. The monoisotopic (exact) mass is 537 g/mol. The second-order valence-electron chi connectivity index (χ2n) is 10.5. The van der Waals surface area contributed by atoms with E-state index in [-0.39, 0.29) is 18.2 Å². The molecule has 0 spiro atoms. The van der Waals surface area contributed by atoms with Crippen LogP contribution in [0, 0.1) is 5.92 Å². The van der Waals surface area contributed by atoms with Crippen molar-refractivity contribution in [2.24, 2.45) is 5.92 Å². The van der Waals surface area contributed by atoms with Gasteiger partial charge in [0.1, 0.15) is 36.4 Å². The summed E-state index contributed by atoms with van der Waals surface area (Å²) in [6.07, 6.45) is 8.39. The van der Waals surface area contributed by atoms with Gasteiger partial charge in [-0.25, -0.2) is 19.9 Å². The Morgan fingerprint density at radius 1 is 1.02 bits per heavy atom. The number of nitrogen functional groups attached to an aromatic ring is 1. The summed E-state index contributed by atoms with van der Waals surface area (Å²) in [5.74, 6) is 2.32. The SMILES string of the molecule is COc1ccc(CNc2ncc3ccc(CC[C@H]4C[C@@H](n5ccc6c(N)ncnc65)[C@@H]5OCO[C@H]45)cc3n2)cc1. The fourth-order valence-electron chi connectivity index (χ4n) is 6.10. The number of aromatic nitrogens is 5. The second-order valence-corrected chi connectivity index (χ2v) is 10.5. The molecule has 7 rings (SSSR count). The van der Waals surface area contributed by atoms with Crippen molar-refractivity contribution in [2.45, 2.75) is 44.1 Å². The fourth-order valence-corrected chi connectivity index (χ4v) is 6.10. The van der Waals surface area contributed by atoms with E-state index in [0.717, 1.165) is 52.5 Å². The molecule has 0 unspecified atom stereocenters. The van der Waals surface area contributed by atoms with E-state index in [9.17, 15) is 0 Å². The van der Waals surface area contributed by atoms with Crippen LogP contribution < -0.4 is 15.8 Å². The van der Waals surface area contributed by atoms with Gasteiger partial charge in [0.15, 0.2) is 0 Å². The molecule has 0 bridgehead atoms. The maximum absolute atomic E-state index is 6.08. The zero-order chi connectivity index (χ0) is 27.1. The van der Waals surface area contributed by atoms with E-state index in [4.69, 9.17) is 24.9 Å². The number of anilines is 2. The highest BCUT2D eigenvalue weighted by Crippen LogP contribution is 2.45. The van der Waals surface area contributed by atoms with Gasteiger partial charge in [0.2, 0.25) is 5.95 Å². The molecule has 3 N–H and O–H groups in total. The molecule has 40 heavy (non-hydrogen) atoms. The van der Waals surface area contributed by atoms with Crippen molar-refractivity contribution in [2.75, 3.05) is 25.0 Å². The number of nitrogens with zero attached hydrogens (tertiary/aromatic N) is 5. The summed E-state index contributed by atoms with van der Waals surface area (Å²) < 4.78 is 19.6. The summed E-state index contributed by atoms with van der Waals surface area (Å²) in [7, 11) is 1.67. The van der Waals surface area contributed by atoms with Crippen molar-refractivity contribution in [3.8, 4) is 5.75 Å². The van der Waals surface area contributed by atoms with Crippen molar-refractivity contribution in [1.82, 2.24) is 24.5 Å². The van der Waals surface area contributed by atoms with Gasteiger partial charge in [-0.3, -0.25) is 0 Å². The van der Waals surface area contributed by atoms with Crippen LogP contribution in [0.4, 0.5) is 11.8 Å². The minimum absolute atomic E-state index is 0.000434. The molecule has 10 heteroatoms. The number of hydrogen-bond acceptors (Lipinski definition) is 9. The number of nitrogens with two attached hydrogens (primary N) is 1. The quantitative estimate of drug-likeness (QED) is 0.294. The summed E-state index contributed by atoms with van der Waals surface area (Å²) in [5.41, 5.74) is 10.2. The average Bonchev–Trinajstić information content (AvgIpc) is 3.72.